The number of nitrogens with zero attached hydrogens (tertiary/aromatic N) is 5. The van der Waals surface area contributed by atoms with Crippen LogP contribution in [-0.4, -0.2) is 65.8 Å². The zero-order valence-electron chi connectivity index (χ0n) is 19.2. The fourth-order valence-corrected chi connectivity index (χ4v) is 6.22. The summed E-state index contributed by atoms with van der Waals surface area (Å²) in [7, 11) is 1.73. The van der Waals surface area contributed by atoms with Gasteiger partial charge in [-0.15, -0.1) is 16.9 Å². The fourth-order valence-electron chi connectivity index (χ4n) is 3.88. The number of ether oxygens (including phenoxy) is 1. The van der Waals surface area contributed by atoms with E-state index in [-0.39, 0.29) is 24.1 Å². The van der Waals surface area contributed by atoms with Crippen LogP contribution in [-0.2, 0) is 28.0 Å². The van der Waals surface area contributed by atoms with Gasteiger partial charge in [0.25, 0.3) is 11.8 Å². The van der Waals surface area contributed by atoms with Crippen molar-refractivity contribution in [3.05, 3.63) is 83.1 Å². The van der Waals surface area contributed by atoms with E-state index in [0.29, 0.717) is 22.2 Å². The summed E-state index contributed by atoms with van der Waals surface area (Å²) in [5, 5.41) is 14.5. The average Bonchev–Trinajstić information content (AvgIpc) is 3.33. The minimum absolute atomic E-state index is 0.0881. The van der Waals surface area contributed by atoms with Crippen LogP contribution in [0.15, 0.2) is 77.1 Å². The largest absolute Gasteiger partial charge is 0.456 e. The van der Waals surface area contributed by atoms with E-state index >= 15 is 0 Å². The molecule has 0 saturated carbocycles. The van der Waals surface area contributed by atoms with Crippen molar-refractivity contribution in [2.24, 2.45) is 7.05 Å². The highest BCUT2D eigenvalue weighted by Gasteiger charge is 2.54. The lowest BCUT2D eigenvalue weighted by molar-refractivity contribution is -0.152. The van der Waals surface area contributed by atoms with Crippen LogP contribution in [0.2, 0.25) is 0 Å². The predicted octanol–water partition coefficient (Wildman–Crippen LogP) is 2.01. The molecule has 0 aliphatic carbocycles. The van der Waals surface area contributed by atoms with Gasteiger partial charge in [0.2, 0.25) is 5.16 Å². The van der Waals surface area contributed by atoms with Crippen molar-refractivity contribution < 1.29 is 19.1 Å². The van der Waals surface area contributed by atoms with Gasteiger partial charge in [0.1, 0.15) is 23.7 Å². The number of nitrogens with one attached hydrogen (secondary N) is 1. The molecule has 184 valence electrons. The molecule has 2 aromatic carbocycles. The number of carbonyl (C=O) groups is 3. The minimum Gasteiger partial charge on any atom is -0.456 e. The molecule has 1 unspecified atom stereocenters. The normalized spacial score (nSPS) is 18.9. The van der Waals surface area contributed by atoms with E-state index in [1.807, 2.05) is 36.4 Å². The van der Waals surface area contributed by atoms with Gasteiger partial charge in [-0.25, -0.2) is 9.48 Å². The molecule has 0 radical (unpaired) electrons. The zero-order valence-corrected chi connectivity index (χ0v) is 20.9. The van der Waals surface area contributed by atoms with Crippen LogP contribution in [0, 0.1) is 0 Å². The van der Waals surface area contributed by atoms with Gasteiger partial charge >= 0.3 is 5.97 Å². The Morgan fingerprint density at radius 3 is 2.56 bits per heavy atom. The Morgan fingerprint density at radius 1 is 1.14 bits per heavy atom. The fraction of sp³-hybridized carbons (Fsp3) is 0.250. The van der Waals surface area contributed by atoms with Gasteiger partial charge in [0.15, 0.2) is 0 Å². The van der Waals surface area contributed by atoms with E-state index in [1.54, 1.807) is 36.0 Å². The molecule has 12 heteroatoms. The van der Waals surface area contributed by atoms with Gasteiger partial charge in [-0.05, 0) is 33.7 Å². The van der Waals surface area contributed by atoms with Gasteiger partial charge in [-0.3, -0.25) is 14.5 Å². The number of benzene rings is 2. The summed E-state index contributed by atoms with van der Waals surface area (Å²) in [4.78, 5) is 40.6. The van der Waals surface area contributed by atoms with Crippen molar-refractivity contribution in [1.82, 2.24) is 30.4 Å². The van der Waals surface area contributed by atoms with Crippen LogP contribution in [0.3, 0.4) is 0 Å². The van der Waals surface area contributed by atoms with Gasteiger partial charge in [0.05, 0.1) is 0 Å². The third kappa shape index (κ3) is 4.86. The number of β-lactam (4-membered cyclic amide) rings is 1. The number of amides is 2. The highest BCUT2D eigenvalue weighted by atomic mass is 32.2. The monoisotopic (exact) mass is 522 g/mol. The summed E-state index contributed by atoms with van der Waals surface area (Å²) in [5.74, 6) is -0.333. The van der Waals surface area contributed by atoms with Crippen molar-refractivity contribution >= 4 is 41.3 Å². The maximum atomic E-state index is 13.3. The summed E-state index contributed by atoms with van der Waals surface area (Å²) in [6.45, 7) is 0.0881. The first kappa shape index (κ1) is 24.1. The molecule has 0 spiro atoms. The number of hydrogen-bond acceptors (Lipinski definition) is 9. The molecular weight excluding hydrogens is 500 g/mol. The second-order valence-corrected chi connectivity index (χ2v) is 10.2. The number of rotatable bonds is 8. The summed E-state index contributed by atoms with van der Waals surface area (Å²) < 4.78 is 7.15. The lowest BCUT2D eigenvalue weighted by Crippen LogP contribution is -2.70. The van der Waals surface area contributed by atoms with E-state index in [0.717, 1.165) is 11.1 Å². The van der Waals surface area contributed by atoms with E-state index in [1.165, 1.54) is 28.4 Å². The summed E-state index contributed by atoms with van der Waals surface area (Å²) in [6.07, 6.45) is 0. The molecule has 3 aromatic rings. The number of hydrogen-bond donors (Lipinski definition) is 1. The van der Waals surface area contributed by atoms with Crippen LogP contribution in [0.4, 0.5) is 0 Å². The second-order valence-electron chi connectivity index (χ2n) is 8.11. The average molecular weight is 523 g/mol. The van der Waals surface area contributed by atoms with E-state index in [9.17, 15) is 14.4 Å². The van der Waals surface area contributed by atoms with Crippen LogP contribution in [0.25, 0.3) is 0 Å². The Balaban J connectivity index is 1.35. The Kier molecular flexibility index (Phi) is 7.05. The number of tetrazole rings is 1. The highest BCUT2D eigenvalue weighted by molar-refractivity contribution is 8.01. The lowest BCUT2D eigenvalue weighted by atomic mass is 10.0. The number of fused-ring (bicyclic) bond motifs is 1. The molecule has 2 atom stereocenters. The summed E-state index contributed by atoms with van der Waals surface area (Å²) in [6, 6.07) is 17.3. The molecular formula is C24H22N6O4S2. The molecule has 1 fully saturated rings. The Bertz CT molecular complexity index is 1310. The predicted molar refractivity (Wildman–Crippen MR) is 134 cm³/mol. The van der Waals surface area contributed by atoms with Crippen molar-refractivity contribution in [3.63, 3.8) is 0 Å². The second kappa shape index (κ2) is 10.5. The van der Waals surface area contributed by atoms with Gasteiger partial charge < -0.3 is 10.1 Å². The van der Waals surface area contributed by atoms with E-state index in [2.05, 4.69) is 20.8 Å². The number of aryl methyl sites for hydroxylation is 1. The number of aromatic nitrogens is 4. The molecule has 10 nitrogen and oxygen atoms in total. The van der Waals surface area contributed by atoms with Gasteiger partial charge in [0, 0.05) is 24.1 Å². The number of esters is 1. The summed E-state index contributed by atoms with van der Waals surface area (Å²) in [5.41, 5.74) is 2.30. The lowest BCUT2D eigenvalue weighted by Gasteiger charge is -2.49. The highest BCUT2D eigenvalue weighted by Crippen LogP contribution is 2.42. The molecule has 3 heterocycles. The van der Waals surface area contributed by atoms with Crippen LogP contribution in [0.1, 0.15) is 15.9 Å². The van der Waals surface area contributed by atoms with Crippen molar-refractivity contribution in [2.75, 3.05) is 11.5 Å². The first-order valence-electron chi connectivity index (χ1n) is 11.1. The SMILES string of the molecule is Cn1nnnc1SCC1=C(C(=O)OCc2ccccc2)N2C(=O)C(NC(=O)c3ccccc3)[C@H]2SC1. The molecule has 2 amide bonds. The molecule has 2 aliphatic rings. The molecule has 1 aromatic heterocycles. The zero-order chi connectivity index (χ0) is 25.1. The van der Waals surface area contributed by atoms with Crippen molar-refractivity contribution in [3.8, 4) is 0 Å². The number of carbonyl (C=O) groups excluding carboxylic acids is 3. The van der Waals surface area contributed by atoms with E-state index < -0.39 is 17.4 Å². The molecule has 1 saturated heterocycles. The van der Waals surface area contributed by atoms with Gasteiger partial charge in [-0.1, -0.05) is 60.3 Å². The van der Waals surface area contributed by atoms with Gasteiger partial charge in [-0.2, -0.15) is 0 Å². The number of thioether (sulfide) groups is 2. The molecule has 5 rings (SSSR count). The Hall–Kier alpha value is -3.64. The van der Waals surface area contributed by atoms with Crippen LogP contribution < -0.4 is 5.32 Å². The van der Waals surface area contributed by atoms with Crippen molar-refractivity contribution in [1.29, 1.82) is 0 Å². The maximum Gasteiger partial charge on any atom is 0.355 e. The third-order valence-electron chi connectivity index (χ3n) is 5.73. The third-order valence-corrected chi connectivity index (χ3v) is 8.17. The van der Waals surface area contributed by atoms with Crippen LogP contribution in [0.5, 0.6) is 0 Å². The Morgan fingerprint density at radius 2 is 1.86 bits per heavy atom. The standard InChI is InChI=1S/C24H22N6O4S2/c1-29-24(26-27-28-29)36-14-17-13-35-22-18(25-20(31)16-10-6-3-7-11-16)21(32)30(22)19(17)23(33)34-12-15-8-4-2-5-9-15/h2-11,18,22H,12-14H2,1H3,(H,25,31)/t18?,22-/m1/s1. The first-order valence-corrected chi connectivity index (χ1v) is 13.1. The minimum atomic E-state index is -0.725. The van der Waals surface area contributed by atoms with E-state index in [4.69, 9.17) is 4.74 Å². The molecule has 0 bridgehead atoms. The van der Waals surface area contributed by atoms with Crippen LogP contribution >= 0.6 is 23.5 Å². The topological polar surface area (TPSA) is 119 Å². The summed E-state index contributed by atoms with van der Waals surface area (Å²) >= 11 is 2.87. The Labute approximate surface area is 215 Å². The maximum absolute atomic E-state index is 13.3. The molecule has 36 heavy (non-hydrogen) atoms. The van der Waals surface area contributed by atoms with Crippen molar-refractivity contribution in [2.45, 2.75) is 23.2 Å². The smallest absolute Gasteiger partial charge is 0.355 e. The molecule has 1 N–H and O–H groups in total. The molecule has 2 aliphatic heterocycles. The quantitative estimate of drug-likeness (QED) is 0.269. The first-order chi connectivity index (χ1) is 17.5.